The smallest absolute Gasteiger partial charge is 0.322 e. The summed E-state index contributed by atoms with van der Waals surface area (Å²) in [6.07, 6.45) is 3.32. The summed E-state index contributed by atoms with van der Waals surface area (Å²) in [4.78, 5) is 34.8. The van der Waals surface area contributed by atoms with E-state index in [2.05, 4.69) is 20.6 Å². The van der Waals surface area contributed by atoms with Gasteiger partial charge in [0.2, 0.25) is 0 Å². The van der Waals surface area contributed by atoms with E-state index in [1.165, 1.54) is 28.4 Å². The number of urea groups is 1. The Hall–Kier alpha value is -3.33. The number of rotatable bonds is 7. The second kappa shape index (κ2) is 9.93. The van der Waals surface area contributed by atoms with Crippen LogP contribution in [-0.4, -0.2) is 32.8 Å². The molecule has 0 unspecified atom stereocenters. The summed E-state index contributed by atoms with van der Waals surface area (Å²) >= 11 is 1.29. The fourth-order valence-corrected chi connectivity index (χ4v) is 3.42. The van der Waals surface area contributed by atoms with E-state index in [9.17, 15) is 14.0 Å². The molecule has 2 heterocycles. The van der Waals surface area contributed by atoms with Gasteiger partial charge in [0.15, 0.2) is 0 Å². The molecule has 3 aromatic rings. The molecule has 7 nitrogen and oxygen atoms in total. The van der Waals surface area contributed by atoms with Crippen LogP contribution in [0.1, 0.15) is 34.9 Å². The molecule has 2 N–H and O–H groups in total. The summed E-state index contributed by atoms with van der Waals surface area (Å²) in [6, 6.07) is 9.05. The maximum Gasteiger partial charge on any atom is 0.322 e. The summed E-state index contributed by atoms with van der Waals surface area (Å²) < 4.78 is 13.8. The monoisotopic (exact) mass is 427 g/mol. The number of amides is 3. The normalized spacial score (nSPS) is 10.7. The van der Waals surface area contributed by atoms with Gasteiger partial charge >= 0.3 is 6.03 Å². The molecule has 156 valence electrons. The van der Waals surface area contributed by atoms with Crippen LogP contribution in [0.2, 0.25) is 0 Å². The van der Waals surface area contributed by atoms with Crippen LogP contribution in [0.15, 0.2) is 54.2 Å². The fourth-order valence-electron chi connectivity index (χ4n) is 2.65. The maximum absolute atomic E-state index is 13.8. The van der Waals surface area contributed by atoms with Gasteiger partial charge in [0.25, 0.3) is 5.91 Å². The molecule has 9 heteroatoms. The van der Waals surface area contributed by atoms with E-state index >= 15 is 0 Å². The molecule has 0 radical (unpaired) electrons. The lowest BCUT2D eigenvalue weighted by Gasteiger charge is -2.26. The van der Waals surface area contributed by atoms with E-state index in [-0.39, 0.29) is 24.2 Å². The Labute approximate surface area is 178 Å². The summed E-state index contributed by atoms with van der Waals surface area (Å²) in [7, 11) is 0. The van der Waals surface area contributed by atoms with E-state index in [4.69, 9.17) is 0 Å². The van der Waals surface area contributed by atoms with Gasteiger partial charge in [-0.15, -0.1) is 11.3 Å². The van der Waals surface area contributed by atoms with Gasteiger partial charge in [-0.25, -0.2) is 14.2 Å². The van der Waals surface area contributed by atoms with Crippen molar-refractivity contribution in [3.8, 4) is 0 Å². The predicted octanol–water partition coefficient (Wildman–Crippen LogP) is 4.05. The largest absolute Gasteiger partial charge is 0.347 e. The van der Waals surface area contributed by atoms with Crippen LogP contribution in [0.25, 0.3) is 0 Å². The minimum Gasteiger partial charge on any atom is -0.347 e. The van der Waals surface area contributed by atoms with Crippen LogP contribution in [0.3, 0.4) is 0 Å². The summed E-state index contributed by atoms with van der Waals surface area (Å²) in [5, 5.41) is 7.66. The SMILES string of the molecule is CC(C)N(Cc1nc(C(=O)NCc2ccncc2)cs1)C(=O)Nc1ccccc1F. The lowest BCUT2D eigenvalue weighted by atomic mass is 10.2. The molecule has 0 fully saturated rings. The zero-order chi connectivity index (χ0) is 21.5. The Balaban J connectivity index is 1.62. The van der Waals surface area contributed by atoms with E-state index in [1.807, 2.05) is 26.0 Å². The van der Waals surface area contributed by atoms with Crippen LogP contribution < -0.4 is 10.6 Å². The molecule has 2 aromatic heterocycles. The van der Waals surface area contributed by atoms with Crippen LogP contribution in [0.4, 0.5) is 14.9 Å². The second-order valence-electron chi connectivity index (χ2n) is 6.80. The summed E-state index contributed by atoms with van der Waals surface area (Å²) in [5.74, 6) is -0.793. The number of carbonyl (C=O) groups excluding carboxylic acids is 2. The van der Waals surface area contributed by atoms with Crippen molar-refractivity contribution in [1.29, 1.82) is 0 Å². The maximum atomic E-state index is 13.8. The van der Waals surface area contributed by atoms with Gasteiger partial charge in [0.05, 0.1) is 12.2 Å². The number of para-hydroxylation sites is 1. The Bertz CT molecular complexity index is 1010. The average Bonchev–Trinajstić information content (AvgIpc) is 3.21. The molecule has 30 heavy (non-hydrogen) atoms. The van der Waals surface area contributed by atoms with Crippen molar-refractivity contribution in [3.05, 3.63) is 76.3 Å². The quantitative estimate of drug-likeness (QED) is 0.596. The predicted molar refractivity (Wildman–Crippen MR) is 114 cm³/mol. The van der Waals surface area contributed by atoms with Crippen LogP contribution in [0, 0.1) is 5.82 Å². The van der Waals surface area contributed by atoms with Gasteiger partial charge in [-0.2, -0.15) is 0 Å². The number of benzene rings is 1. The highest BCUT2D eigenvalue weighted by atomic mass is 32.1. The highest BCUT2D eigenvalue weighted by Crippen LogP contribution is 2.18. The Kier molecular flexibility index (Phi) is 7.08. The molecular formula is C21H22FN5O2S. The van der Waals surface area contributed by atoms with E-state index in [1.54, 1.807) is 29.9 Å². The van der Waals surface area contributed by atoms with E-state index in [0.717, 1.165) is 5.56 Å². The summed E-state index contributed by atoms with van der Waals surface area (Å²) in [5.41, 5.74) is 1.34. The number of hydrogen-bond acceptors (Lipinski definition) is 5. The third-order valence-corrected chi connectivity index (χ3v) is 5.13. The minimum absolute atomic E-state index is 0.114. The highest BCUT2D eigenvalue weighted by molar-refractivity contribution is 7.09. The number of aromatic nitrogens is 2. The molecule has 1 aromatic carbocycles. The number of carbonyl (C=O) groups is 2. The van der Waals surface area contributed by atoms with E-state index < -0.39 is 11.8 Å². The van der Waals surface area contributed by atoms with Crippen molar-refractivity contribution in [2.45, 2.75) is 33.0 Å². The number of thiazole rings is 1. The van der Waals surface area contributed by atoms with Gasteiger partial charge < -0.3 is 15.5 Å². The topological polar surface area (TPSA) is 87.2 Å². The zero-order valence-corrected chi connectivity index (χ0v) is 17.4. The summed E-state index contributed by atoms with van der Waals surface area (Å²) in [6.45, 7) is 4.30. The Morgan fingerprint density at radius 1 is 1.17 bits per heavy atom. The van der Waals surface area contributed by atoms with Crippen molar-refractivity contribution in [2.75, 3.05) is 5.32 Å². The molecule has 0 aliphatic rings. The van der Waals surface area contributed by atoms with Crippen LogP contribution in [-0.2, 0) is 13.1 Å². The molecule has 0 atom stereocenters. The molecule has 3 amide bonds. The number of halogens is 1. The molecule has 0 bridgehead atoms. The number of anilines is 1. The van der Waals surface area contributed by atoms with Crippen molar-refractivity contribution < 1.29 is 14.0 Å². The Morgan fingerprint density at radius 2 is 1.90 bits per heavy atom. The van der Waals surface area contributed by atoms with Gasteiger partial charge in [0, 0.05) is 30.4 Å². The first-order chi connectivity index (χ1) is 14.4. The van der Waals surface area contributed by atoms with Crippen LogP contribution >= 0.6 is 11.3 Å². The Morgan fingerprint density at radius 3 is 2.60 bits per heavy atom. The molecule has 0 saturated carbocycles. The van der Waals surface area contributed by atoms with Crippen molar-refractivity contribution in [3.63, 3.8) is 0 Å². The fraction of sp³-hybridized carbons (Fsp3) is 0.238. The second-order valence-corrected chi connectivity index (χ2v) is 7.74. The number of pyridine rings is 1. The standard InChI is InChI=1S/C21H22FN5O2S/c1-14(2)27(21(29)26-17-6-4-3-5-16(17)22)12-19-25-18(13-30-19)20(28)24-11-15-7-9-23-10-8-15/h3-10,13-14H,11-12H2,1-2H3,(H,24,28)(H,26,29). The molecule has 0 aliphatic carbocycles. The van der Waals surface area contributed by atoms with Gasteiger partial charge in [-0.3, -0.25) is 9.78 Å². The first-order valence-corrected chi connectivity index (χ1v) is 10.3. The molecule has 3 rings (SSSR count). The molecule has 0 saturated heterocycles. The lowest BCUT2D eigenvalue weighted by molar-refractivity contribution is 0.0946. The lowest BCUT2D eigenvalue weighted by Crippen LogP contribution is -2.39. The number of nitrogens with zero attached hydrogens (tertiary/aromatic N) is 3. The number of hydrogen-bond donors (Lipinski definition) is 2. The third-order valence-electron chi connectivity index (χ3n) is 4.29. The number of nitrogens with one attached hydrogen (secondary N) is 2. The first kappa shape index (κ1) is 21.4. The van der Waals surface area contributed by atoms with Crippen molar-refractivity contribution in [1.82, 2.24) is 20.2 Å². The minimum atomic E-state index is -0.503. The van der Waals surface area contributed by atoms with Gasteiger partial charge in [-0.1, -0.05) is 12.1 Å². The van der Waals surface area contributed by atoms with Gasteiger partial charge in [-0.05, 0) is 43.7 Å². The molecular weight excluding hydrogens is 405 g/mol. The zero-order valence-electron chi connectivity index (χ0n) is 16.6. The molecule has 0 aliphatic heterocycles. The first-order valence-electron chi connectivity index (χ1n) is 9.37. The average molecular weight is 428 g/mol. The van der Waals surface area contributed by atoms with Crippen molar-refractivity contribution >= 4 is 29.0 Å². The van der Waals surface area contributed by atoms with Crippen LogP contribution in [0.5, 0.6) is 0 Å². The highest BCUT2D eigenvalue weighted by Gasteiger charge is 2.21. The van der Waals surface area contributed by atoms with Gasteiger partial charge in [0.1, 0.15) is 16.5 Å². The van der Waals surface area contributed by atoms with Crippen molar-refractivity contribution in [2.24, 2.45) is 0 Å². The molecule has 0 spiro atoms. The van der Waals surface area contributed by atoms with E-state index in [0.29, 0.717) is 17.2 Å². The third kappa shape index (κ3) is 5.60.